The van der Waals surface area contributed by atoms with Crippen LogP contribution >= 0.6 is 0 Å². The van der Waals surface area contributed by atoms with Gasteiger partial charge in [-0.1, -0.05) is 30.3 Å². The molecule has 1 unspecified atom stereocenters. The molecule has 0 aliphatic heterocycles. The fourth-order valence-electron chi connectivity index (χ4n) is 4.78. The second-order valence-corrected chi connectivity index (χ2v) is 9.45. The Labute approximate surface area is 192 Å². The zero-order chi connectivity index (χ0) is 23.6. The van der Waals surface area contributed by atoms with E-state index in [0.29, 0.717) is 19.3 Å². The topological polar surface area (TPSA) is 64.3 Å². The molecule has 1 N–H and O–H groups in total. The Morgan fingerprint density at radius 1 is 1.24 bits per heavy atom. The monoisotopic (exact) mass is 456 g/mol. The Balaban J connectivity index is 1.48. The summed E-state index contributed by atoms with van der Waals surface area (Å²) < 4.78 is 32.2. The number of imidazole rings is 1. The first-order valence-electron chi connectivity index (χ1n) is 11.4. The predicted molar refractivity (Wildman–Crippen MR) is 122 cm³/mol. The Hall–Kier alpha value is -2.80. The summed E-state index contributed by atoms with van der Waals surface area (Å²) in [6, 6.07) is 14.0. The number of nitrogens with zero attached hydrogens (tertiary/aromatic N) is 2. The van der Waals surface area contributed by atoms with Gasteiger partial charge in [0, 0.05) is 30.9 Å². The van der Waals surface area contributed by atoms with Crippen molar-refractivity contribution in [3.8, 4) is 5.75 Å². The summed E-state index contributed by atoms with van der Waals surface area (Å²) in [6.07, 6.45) is 4.67. The second kappa shape index (κ2) is 9.21. The third-order valence-corrected chi connectivity index (χ3v) is 6.68. The molecule has 4 rings (SSSR count). The lowest BCUT2D eigenvalue weighted by Gasteiger charge is -2.41. The van der Waals surface area contributed by atoms with Crippen LogP contribution in [0.2, 0.25) is 0 Å². The van der Waals surface area contributed by atoms with Crippen LogP contribution in [0.25, 0.3) is 11.0 Å². The first-order valence-corrected chi connectivity index (χ1v) is 11.4. The molecule has 2 aromatic carbocycles. The average Bonchev–Trinajstić information content (AvgIpc) is 3.09. The number of ketones is 1. The first-order chi connectivity index (χ1) is 15.7. The molecule has 0 spiro atoms. The molecule has 1 aliphatic carbocycles. The van der Waals surface area contributed by atoms with Gasteiger partial charge >= 0.3 is 6.61 Å². The summed E-state index contributed by atoms with van der Waals surface area (Å²) in [4.78, 5) is 17.4. The molecule has 0 radical (unpaired) electrons. The van der Waals surface area contributed by atoms with Crippen LogP contribution in [-0.4, -0.2) is 27.1 Å². The number of aromatic nitrogens is 2. The minimum Gasteiger partial charge on any atom is -0.435 e. The number of rotatable bonds is 10. The van der Waals surface area contributed by atoms with E-state index < -0.39 is 12.2 Å². The summed E-state index contributed by atoms with van der Waals surface area (Å²) in [5.41, 5.74) is 0.919. The summed E-state index contributed by atoms with van der Waals surface area (Å²) >= 11 is 0. The predicted octanol–water partition coefficient (Wildman–Crippen LogP) is 5.73. The average molecular weight is 457 g/mol. The maximum absolute atomic E-state index is 12.7. The summed E-state index contributed by atoms with van der Waals surface area (Å²) in [5, 5.41) is 10.7. The minimum absolute atomic E-state index is 0.00557. The van der Waals surface area contributed by atoms with E-state index in [1.807, 2.05) is 30.3 Å². The van der Waals surface area contributed by atoms with Crippen LogP contribution in [0.5, 0.6) is 5.75 Å². The van der Waals surface area contributed by atoms with Gasteiger partial charge in [0.1, 0.15) is 17.4 Å². The summed E-state index contributed by atoms with van der Waals surface area (Å²) in [7, 11) is 0. The molecule has 0 saturated heterocycles. The molecule has 176 valence electrons. The molecule has 1 saturated carbocycles. The van der Waals surface area contributed by atoms with Crippen molar-refractivity contribution in [1.82, 2.24) is 9.55 Å². The highest BCUT2D eigenvalue weighted by Gasteiger charge is 2.36. The number of Topliss-reactive ketones (excluding diaryl/α,β-unsaturated/α-hetero) is 1. The molecule has 3 aromatic rings. The van der Waals surface area contributed by atoms with E-state index in [2.05, 4.69) is 16.2 Å². The van der Waals surface area contributed by atoms with Crippen LogP contribution in [0.3, 0.4) is 0 Å². The molecular weight excluding hydrogens is 426 g/mol. The maximum atomic E-state index is 12.7. The molecule has 1 atom stereocenters. The number of aliphatic hydroxyl groups is 1. The number of carbonyl (C=O) groups is 1. The number of halogens is 2. The quantitative estimate of drug-likeness (QED) is 0.423. The van der Waals surface area contributed by atoms with E-state index in [1.54, 1.807) is 19.1 Å². The van der Waals surface area contributed by atoms with Crippen molar-refractivity contribution in [3.05, 3.63) is 59.9 Å². The largest absolute Gasteiger partial charge is 0.435 e. The molecule has 1 aromatic heterocycles. The Kier molecular flexibility index (Phi) is 6.52. The van der Waals surface area contributed by atoms with Crippen molar-refractivity contribution in [2.45, 2.75) is 76.5 Å². The van der Waals surface area contributed by atoms with Gasteiger partial charge in [-0.2, -0.15) is 8.78 Å². The van der Waals surface area contributed by atoms with E-state index in [-0.39, 0.29) is 23.5 Å². The third kappa shape index (κ3) is 5.08. The molecule has 1 heterocycles. The number of ether oxygens (including phenoxy) is 1. The third-order valence-electron chi connectivity index (χ3n) is 6.68. The van der Waals surface area contributed by atoms with Crippen molar-refractivity contribution >= 4 is 16.8 Å². The summed E-state index contributed by atoms with van der Waals surface area (Å²) in [5.74, 6) is 0.962. The molecule has 5 nitrogen and oxygen atoms in total. The van der Waals surface area contributed by atoms with Crippen LogP contribution < -0.4 is 4.74 Å². The lowest BCUT2D eigenvalue weighted by atomic mass is 9.78. The highest BCUT2D eigenvalue weighted by Crippen LogP contribution is 2.42. The van der Waals surface area contributed by atoms with Gasteiger partial charge in [0.15, 0.2) is 0 Å². The zero-order valence-electron chi connectivity index (χ0n) is 19.1. The maximum Gasteiger partial charge on any atom is 0.387 e. The first kappa shape index (κ1) is 23.4. The lowest BCUT2D eigenvalue weighted by Crippen LogP contribution is -2.38. The van der Waals surface area contributed by atoms with E-state index in [4.69, 9.17) is 4.98 Å². The van der Waals surface area contributed by atoms with Crippen LogP contribution in [0.4, 0.5) is 8.78 Å². The summed E-state index contributed by atoms with van der Waals surface area (Å²) in [6.45, 7) is 0.942. The van der Waals surface area contributed by atoms with Gasteiger partial charge in [-0.3, -0.25) is 4.79 Å². The van der Waals surface area contributed by atoms with Crippen LogP contribution in [-0.2, 0) is 22.4 Å². The minimum atomic E-state index is -2.88. The van der Waals surface area contributed by atoms with E-state index in [0.717, 1.165) is 41.7 Å². The number of hydrogen-bond donors (Lipinski definition) is 1. The molecule has 33 heavy (non-hydrogen) atoms. The van der Waals surface area contributed by atoms with Gasteiger partial charge in [-0.25, -0.2) is 4.98 Å². The molecule has 7 heteroatoms. The van der Waals surface area contributed by atoms with Crippen molar-refractivity contribution < 1.29 is 23.4 Å². The Morgan fingerprint density at radius 2 is 1.97 bits per heavy atom. The van der Waals surface area contributed by atoms with Crippen LogP contribution in [0, 0.1) is 0 Å². The lowest BCUT2D eigenvalue weighted by molar-refractivity contribution is -0.123. The van der Waals surface area contributed by atoms with E-state index in [9.17, 15) is 18.7 Å². The van der Waals surface area contributed by atoms with Gasteiger partial charge in [-0.15, -0.1) is 0 Å². The number of carbonyl (C=O) groups excluding carboxylic acids is 1. The highest BCUT2D eigenvalue weighted by atomic mass is 19.3. The van der Waals surface area contributed by atoms with Crippen molar-refractivity contribution in [2.75, 3.05) is 0 Å². The van der Waals surface area contributed by atoms with E-state index >= 15 is 0 Å². The number of alkyl halides is 2. The standard InChI is InChI=1S/C26H30F2N2O3/c1-25(14-7-15-25)30-22-16-20(33-24(27)28)12-13-21(22)29-23(30)11-6-10-19(31)17-26(2,32)18-8-4-3-5-9-18/h3-5,8-9,12-13,16,24,32H,6-7,10-11,14-15,17H2,1-2H3. The van der Waals surface area contributed by atoms with Crippen molar-refractivity contribution in [1.29, 1.82) is 0 Å². The smallest absolute Gasteiger partial charge is 0.387 e. The Bertz CT molecular complexity index is 1120. The molecule has 1 aliphatic rings. The molecule has 0 bridgehead atoms. The normalized spacial score (nSPS) is 17.0. The van der Waals surface area contributed by atoms with Gasteiger partial charge in [-0.05, 0) is 57.2 Å². The van der Waals surface area contributed by atoms with Crippen molar-refractivity contribution in [2.24, 2.45) is 0 Å². The zero-order valence-corrected chi connectivity index (χ0v) is 19.1. The number of hydrogen-bond acceptors (Lipinski definition) is 4. The molecular formula is C26H30F2N2O3. The van der Waals surface area contributed by atoms with Crippen LogP contribution in [0.15, 0.2) is 48.5 Å². The van der Waals surface area contributed by atoms with Crippen molar-refractivity contribution in [3.63, 3.8) is 0 Å². The van der Waals surface area contributed by atoms with Gasteiger partial charge < -0.3 is 14.4 Å². The fourth-order valence-corrected chi connectivity index (χ4v) is 4.78. The van der Waals surface area contributed by atoms with Gasteiger partial charge in [0.25, 0.3) is 0 Å². The van der Waals surface area contributed by atoms with E-state index in [1.165, 1.54) is 6.07 Å². The van der Waals surface area contributed by atoms with Crippen LogP contribution in [0.1, 0.15) is 63.8 Å². The fraction of sp³-hybridized carbons (Fsp3) is 0.462. The Morgan fingerprint density at radius 3 is 2.61 bits per heavy atom. The number of fused-ring (bicyclic) bond motifs is 1. The SMILES string of the molecule is CC(O)(CC(=O)CCCc1nc2ccc(OC(F)F)cc2n1C1(C)CCC1)c1ccccc1. The number of benzene rings is 2. The van der Waals surface area contributed by atoms with Gasteiger partial charge in [0.2, 0.25) is 0 Å². The number of aryl methyl sites for hydroxylation is 1. The molecule has 1 fully saturated rings. The highest BCUT2D eigenvalue weighted by molar-refractivity contribution is 5.80. The second-order valence-electron chi connectivity index (χ2n) is 9.45. The molecule has 0 amide bonds. The van der Waals surface area contributed by atoms with Gasteiger partial charge in [0.05, 0.1) is 16.6 Å².